The fraction of sp³-hybridized carbons (Fsp3) is 0.750. The zero-order chi connectivity index (χ0) is 14.1. The van der Waals surface area contributed by atoms with Gasteiger partial charge in [0.25, 0.3) is 0 Å². The van der Waals surface area contributed by atoms with Crippen LogP contribution in [-0.4, -0.2) is 35.8 Å². The van der Waals surface area contributed by atoms with Crippen molar-refractivity contribution < 1.29 is 49.0 Å². The number of hydrazine groups is 1. The summed E-state index contributed by atoms with van der Waals surface area (Å²) in [6.45, 7) is 5.98. The first kappa shape index (κ1) is 20.9. The monoisotopic (exact) mass is 280 g/mol. The zero-order valence-corrected chi connectivity index (χ0v) is 14.1. The van der Waals surface area contributed by atoms with E-state index in [1.807, 2.05) is 20.8 Å². The topological polar surface area (TPSA) is 89.5 Å². The second kappa shape index (κ2) is 11.4. The Morgan fingerprint density at radius 3 is 2.32 bits per heavy atom. The van der Waals surface area contributed by atoms with Crippen LogP contribution in [0.2, 0.25) is 0 Å². The Morgan fingerprint density at radius 2 is 1.95 bits per heavy atom. The molecule has 0 fully saturated rings. The quantitative estimate of drug-likeness (QED) is 0.205. The molecule has 0 aliphatic carbocycles. The van der Waals surface area contributed by atoms with E-state index in [2.05, 4.69) is 5.43 Å². The van der Waals surface area contributed by atoms with Gasteiger partial charge in [0.05, 0.1) is 12.0 Å². The molecule has 0 aromatic heterocycles. The third-order valence-corrected chi connectivity index (χ3v) is 2.41. The van der Waals surface area contributed by atoms with Crippen molar-refractivity contribution in [3.63, 3.8) is 0 Å². The Bertz CT molecular complexity index is 297. The number of carboxylic acid groups (broad SMARTS) is 1. The summed E-state index contributed by atoms with van der Waals surface area (Å²) in [6.07, 6.45) is 2.03. The van der Waals surface area contributed by atoms with Crippen LogP contribution < -0.4 is 40.1 Å². The number of nitrogens with zero attached hydrogens (tertiary/aromatic N) is 1. The Kier molecular flexibility index (Phi) is 12.5. The van der Waals surface area contributed by atoms with Gasteiger partial charge in [0.2, 0.25) is 6.29 Å². The minimum Gasteiger partial charge on any atom is -0.548 e. The van der Waals surface area contributed by atoms with E-state index in [4.69, 9.17) is 0 Å². The standard InChI is InChI=1S/C12H22N2O4.Na/c1-4-5-6-14(11(16)8-15)13-10(12(17)18)7-9(2)3;/h8-10,13H,4-7H2,1-3H3,(H,17,18);/q;+1/p-1/t10-;/m0./s1. The van der Waals surface area contributed by atoms with Crippen molar-refractivity contribution in [1.29, 1.82) is 0 Å². The summed E-state index contributed by atoms with van der Waals surface area (Å²) < 4.78 is 0. The third-order valence-electron chi connectivity index (χ3n) is 2.41. The van der Waals surface area contributed by atoms with Crippen LogP contribution in [0.5, 0.6) is 0 Å². The number of nitrogens with one attached hydrogen (secondary N) is 1. The number of aliphatic carboxylic acids is 1. The predicted octanol–water partition coefficient (Wildman–Crippen LogP) is -3.51. The molecule has 104 valence electrons. The van der Waals surface area contributed by atoms with Gasteiger partial charge in [0, 0.05) is 6.54 Å². The van der Waals surface area contributed by atoms with Crippen LogP contribution in [0.25, 0.3) is 0 Å². The van der Waals surface area contributed by atoms with Crippen LogP contribution in [0.3, 0.4) is 0 Å². The van der Waals surface area contributed by atoms with E-state index in [9.17, 15) is 19.5 Å². The molecule has 0 unspecified atom stereocenters. The van der Waals surface area contributed by atoms with Gasteiger partial charge in [-0.2, -0.15) is 0 Å². The van der Waals surface area contributed by atoms with Crippen molar-refractivity contribution in [3.8, 4) is 0 Å². The molecule has 0 saturated heterocycles. The van der Waals surface area contributed by atoms with E-state index in [0.717, 1.165) is 11.4 Å². The molecular weight excluding hydrogens is 259 g/mol. The molecule has 0 bridgehead atoms. The van der Waals surface area contributed by atoms with Gasteiger partial charge in [-0.05, 0) is 18.8 Å². The molecule has 1 N–H and O–H groups in total. The maximum Gasteiger partial charge on any atom is 1.00 e. The largest absolute Gasteiger partial charge is 1.00 e. The van der Waals surface area contributed by atoms with E-state index in [-0.39, 0.29) is 41.8 Å². The molecule has 0 heterocycles. The Labute approximate surface area is 136 Å². The summed E-state index contributed by atoms with van der Waals surface area (Å²) in [5.41, 5.74) is 2.56. The van der Waals surface area contributed by atoms with E-state index < -0.39 is 17.9 Å². The second-order valence-corrected chi connectivity index (χ2v) is 4.59. The molecule has 6 nitrogen and oxygen atoms in total. The normalized spacial score (nSPS) is 11.6. The Morgan fingerprint density at radius 1 is 1.37 bits per heavy atom. The molecule has 0 rings (SSSR count). The van der Waals surface area contributed by atoms with Gasteiger partial charge in [-0.15, -0.1) is 0 Å². The number of hydrogen-bond acceptors (Lipinski definition) is 5. The predicted molar refractivity (Wildman–Crippen MR) is 64.1 cm³/mol. The van der Waals surface area contributed by atoms with Crippen LogP contribution in [0.1, 0.15) is 40.0 Å². The van der Waals surface area contributed by atoms with E-state index in [0.29, 0.717) is 19.4 Å². The summed E-state index contributed by atoms with van der Waals surface area (Å²) in [7, 11) is 0. The minimum atomic E-state index is -1.27. The van der Waals surface area contributed by atoms with Crippen LogP contribution in [0, 0.1) is 5.92 Å². The molecule has 1 amide bonds. The second-order valence-electron chi connectivity index (χ2n) is 4.59. The molecule has 7 heteroatoms. The number of aldehydes is 1. The van der Waals surface area contributed by atoms with Crippen molar-refractivity contribution in [1.82, 2.24) is 10.4 Å². The number of amides is 1. The number of carbonyl (C=O) groups excluding carboxylic acids is 3. The zero-order valence-electron chi connectivity index (χ0n) is 12.1. The first-order chi connectivity index (χ1) is 8.42. The fourth-order valence-corrected chi connectivity index (χ4v) is 1.48. The molecule has 0 saturated carbocycles. The molecule has 19 heavy (non-hydrogen) atoms. The average Bonchev–Trinajstić information content (AvgIpc) is 2.31. The average molecular weight is 280 g/mol. The number of hydrogen-bond donors (Lipinski definition) is 1. The van der Waals surface area contributed by atoms with Gasteiger partial charge >= 0.3 is 35.5 Å². The van der Waals surface area contributed by atoms with Crippen molar-refractivity contribution in [2.24, 2.45) is 5.92 Å². The first-order valence-electron chi connectivity index (χ1n) is 6.16. The van der Waals surface area contributed by atoms with Crippen LogP contribution in [-0.2, 0) is 14.4 Å². The van der Waals surface area contributed by atoms with Gasteiger partial charge in [-0.25, -0.2) is 5.43 Å². The molecule has 0 aliphatic rings. The van der Waals surface area contributed by atoms with Crippen LogP contribution in [0.15, 0.2) is 0 Å². The molecule has 0 aromatic carbocycles. The van der Waals surface area contributed by atoms with Crippen LogP contribution in [0.4, 0.5) is 0 Å². The maximum atomic E-state index is 11.3. The minimum absolute atomic E-state index is 0. The fourth-order valence-electron chi connectivity index (χ4n) is 1.48. The summed E-state index contributed by atoms with van der Waals surface area (Å²) in [5, 5.41) is 12.0. The van der Waals surface area contributed by atoms with Gasteiger partial charge in [-0.1, -0.05) is 27.2 Å². The van der Waals surface area contributed by atoms with E-state index in [1.165, 1.54) is 0 Å². The summed E-state index contributed by atoms with van der Waals surface area (Å²) in [4.78, 5) is 32.8. The number of carboxylic acids is 1. The summed E-state index contributed by atoms with van der Waals surface area (Å²) >= 11 is 0. The molecule has 0 radical (unpaired) electrons. The number of rotatable bonds is 9. The van der Waals surface area contributed by atoms with Gasteiger partial charge in [0.1, 0.15) is 0 Å². The van der Waals surface area contributed by atoms with Crippen molar-refractivity contribution in [2.75, 3.05) is 6.54 Å². The SMILES string of the molecule is CCCCN(N[C@@H](CC(C)C)C(=O)[O-])C(=O)C=O.[Na+]. The third kappa shape index (κ3) is 9.15. The smallest absolute Gasteiger partial charge is 0.548 e. The van der Waals surface area contributed by atoms with Crippen LogP contribution >= 0.6 is 0 Å². The Balaban J connectivity index is 0. The number of unbranched alkanes of at least 4 members (excludes halogenated alkanes) is 1. The molecule has 0 spiro atoms. The summed E-state index contributed by atoms with van der Waals surface area (Å²) in [5.74, 6) is -1.90. The molecular formula is C12H21N2NaO4. The number of carbonyl (C=O) groups is 3. The first-order valence-corrected chi connectivity index (χ1v) is 6.16. The molecule has 1 atom stereocenters. The van der Waals surface area contributed by atoms with Gasteiger partial charge in [0.15, 0.2) is 0 Å². The van der Waals surface area contributed by atoms with Gasteiger partial charge < -0.3 is 9.90 Å². The summed E-state index contributed by atoms with van der Waals surface area (Å²) in [6, 6.07) is -0.967. The van der Waals surface area contributed by atoms with E-state index >= 15 is 0 Å². The maximum absolute atomic E-state index is 11.3. The Hall–Kier alpha value is -0.430. The van der Waals surface area contributed by atoms with Crippen molar-refractivity contribution in [3.05, 3.63) is 0 Å². The molecule has 0 aromatic rings. The molecule has 0 aliphatic heterocycles. The van der Waals surface area contributed by atoms with Crippen molar-refractivity contribution in [2.45, 2.75) is 46.1 Å². The van der Waals surface area contributed by atoms with E-state index in [1.54, 1.807) is 0 Å². The van der Waals surface area contributed by atoms with Gasteiger partial charge in [-0.3, -0.25) is 14.6 Å². The van der Waals surface area contributed by atoms with Crippen molar-refractivity contribution >= 4 is 18.2 Å².